The summed E-state index contributed by atoms with van der Waals surface area (Å²) in [6, 6.07) is -0.357. The molecular formula is C14H28N2O. The van der Waals surface area contributed by atoms with Crippen molar-refractivity contribution >= 4 is 5.91 Å². The molecule has 1 saturated carbocycles. The fourth-order valence-electron chi connectivity index (χ4n) is 2.50. The summed E-state index contributed by atoms with van der Waals surface area (Å²) in [7, 11) is 0. The van der Waals surface area contributed by atoms with Crippen LogP contribution in [0.4, 0.5) is 0 Å². The van der Waals surface area contributed by atoms with Crippen LogP contribution in [0.25, 0.3) is 0 Å². The molecule has 3 N–H and O–H groups in total. The van der Waals surface area contributed by atoms with Crippen LogP contribution in [-0.2, 0) is 4.79 Å². The molecule has 1 rings (SSSR count). The third-order valence-electron chi connectivity index (χ3n) is 3.83. The van der Waals surface area contributed by atoms with E-state index in [9.17, 15) is 4.79 Å². The van der Waals surface area contributed by atoms with E-state index in [-0.39, 0.29) is 17.9 Å². The van der Waals surface area contributed by atoms with Gasteiger partial charge < -0.3 is 11.1 Å². The molecule has 3 nitrogen and oxygen atoms in total. The fraction of sp³-hybridized carbons (Fsp3) is 0.929. The second-order valence-corrected chi connectivity index (χ2v) is 5.71. The number of carbonyl (C=O) groups excluding carboxylic acids is 1. The second-order valence-electron chi connectivity index (χ2n) is 5.71. The summed E-state index contributed by atoms with van der Waals surface area (Å²) in [6.45, 7) is 4.74. The van der Waals surface area contributed by atoms with Crippen LogP contribution in [0, 0.1) is 11.8 Å². The first kappa shape index (κ1) is 14.5. The number of rotatable bonds is 6. The molecular weight excluding hydrogens is 212 g/mol. The van der Waals surface area contributed by atoms with E-state index in [1.807, 2.05) is 13.8 Å². The normalized spacial score (nSPS) is 19.3. The lowest BCUT2D eigenvalue weighted by Gasteiger charge is -2.21. The Morgan fingerprint density at radius 2 is 1.94 bits per heavy atom. The molecule has 0 unspecified atom stereocenters. The van der Waals surface area contributed by atoms with Crippen molar-refractivity contribution in [3.05, 3.63) is 0 Å². The Balaban J connectivity index is 2.05. The average Bonchev–Trinajstić information content (AvgIpc) is 2.34. The molecule has 1 aliphatic rings. The molecule has 100 valence electrons. The van der Waals surface area contributed by atoms with E-state index in [0.29, 0.717) is 0 Å². The molecule has 0 bridgehead atoms. The average molecular weight is 240 g/mol. The lowest BCUT2D eigenvalue weighted by atomic mass is 9.86. The van der Waals surface area contributed by atoms with Crippen LogP contribution in [0.5, 0.6) is 0 Å². The molecule has 0 aromatic heterocycles. The summed E-state index contributed by atoms with van der Waals surface area (Å²) in [6.07, 6.45) is 9.35. The summed E-state index contributed by atoms with van der Waals surface area (Å²) < 4.78 is 0. The van der Waals surface area contributed by atoms with Gasteiger partial charge in [0, 0.05) is 6.54 Å². The highest BCUT2D eigenvalue weighted by Crippen LogP contribution is 2.26. The monoisotopic (exact) mass is 240 g/mol. The van der Waals surface area contributed by atoms with Crippen LogP contribution in [0.1, 0.15) is 58.8 Å². The molecule has 0 saturated heterocycles. The molecule has 0 spiro atoms. The van der Waals surface area contributed by atoms with Crippen LogP contribution in [0.3, 0.4) is 0 Å². The van der Waals surface area contributed by atoms with E-state index >= 15 is 0 Å². The molecule has 1 amide bonds. The highest BCUT2D eigenvalue weighted by Gasteiger charge is 2.17. The van der Waals surface area contributed by atoms with Gasteiger partial charge in [-0.15, -0.1) is 0 Å². The van der Waals surface area contributed by atoms with Gasteiger partial charge in [-0.25, -0.2) is 0 Å². The molecule has 3 heteroatoms. The van der Waals surface area contributed by atoms with Crippen molar-refractivity contribution in [2.24, 2.45) is 17.6 Å². The zero-order valence-corrected chi connectivity index (χ0v) is 11.4. The molecule has 0 aromatic rings. The predicted octanol–water partition coefficient (Wildman–Crippen LogP) is 2.45. The van der Waals surface area contributed by atoms with E-state index in [2.05, 4.69) is 5.32 Å². The van der Waals surface area contributed by atoms with Gasteiger partial charge in [0.1, 0.15) is 0 Å². The largest absolute Gasteiger partial charge is 0.355 e. The maximum absolute atomic E-state index is 11.6. The number of hydrogen-bond donors (Lipinski definition) is 2. The van der Waals surface area contributed by atoms with E-state index < -0.39 is 0 Å². The SMILES string of the molecule is CC(C)[C@H](N)C(=O)NCCCC1CCCCC1. The lowest BCUT2D eigenvalue weighted by molar-refractivity contribution is -0.123. The van der Waals surface area contributed by atoms with Crippen molar-refractivity contribution in [2.75, 3.05) is 6.54 Å². The van der Waals surface area contributed by atoms with E-state index in [4.69, 9.17) is 5.73 Å². The topological polar surface area (TPSA) is 55.1 Å². The Bertz CT molecular complexity index is 222. The Hall–Kier alpha value is -0.570. The molecule has 0 aromatic carbocycles. The summed E-state index contributed by atoms with van der Waals surface area (Å²) >= 11 is 0. The van der Waals surface area contributed by atoms with Gasteiger partial charge in [-0.2, -0.15) is 0 Å². The first-order valence-electron chi connectivity index (χ1n) is 7.14. The fourth-order valence-corrected chi connectivity index (χ4v) is 2.50. The van der Waals surface area contributed by atoms with Crippen molar-refractivity contribution < 1.29 is 4.79 Å². The van der Waals surface area contributed by atoms with Gasteiger partial charge in [-0.1, -0.05) is 46.0 Å². The standard InChI is InChI=1S/C14H28N2O/c1-11(2)13(15)14(17)16-10-6-9-12-7-4-3-5-8-12/h11-13H,3-10,15H2,1-2H3,(H,16,17)/t13-/m0/s1. The number of amides is 1. The summed E-state index contributed by atoms with van der Waals surface area (Å²) in [4.78, 5) is 11.6. The maximum Gasteiger partial charge on any atom is 0.237 e. The van der Waals surface area contributed by atoms with Crippen molar-refractivity contribution in [1.82, 2.24) is 5.32 Å². The molecule has 17 heavy (non-hydrogen) atoms. The minimum absolute atomic E-state index is 0.00337. The van der Waals surface area contributed by atoms with Crippen molar-refractivity contribution in [1.29, 1.82) is 0 Å². The minimum Gasteiger partial charge on any atom is -0.355 e. The van der Waals surface area contributed by atoms with Gasteiger partial charge in [0.25, 0.3) is 0 Å². The lowest BCUT2D eigenvalue weighted by Crippen LogP contribution is -2.44. The summed E-state index contributed by atoms with van der Waals surface area (Å²) in [5.41, 5.74) is 5.77. The maximum atomic E-state index is 11.6. The third-order valence-corrected chi connectivity index (χ3v) is 3.83. The quantitative estimate of drug-likeness (QED) is 0.701. The van der Waals surface area contributed by atoms with Crippen LogP contribution in [-0.4, -0.2) is 18.5 Å². The Morgan fingerprint density at radius 3 is 2.53 bits per heavy atom. The molecule has 1 aliphatic carbocycles. The number of hydrogen-bond acceptors (Lipinski definition) is 2. The summed E-state index contributed by atoms with van der Waals surface area (Å²) in [5, 5.41) is 2.94. The highest BCUT2D eigenvalue weighted by molar-refractivity contribution is 5.81. The Labute approximate surface area is 106 Å². The predicted molar refractivity (Wildman–Crippen MR) is 71.6 cm³/mol. The van der Waals surface area contributed by atoms with Crippen LogP contribution >= 0.6 is 0 Å². The van der Waals surface area contributed by atoms with Crippen molar-refractivity contribution in [2.45, 2.75) is 64.8 Å². The highest BCUT2D eigenvalue weighted by atomic mass is 16.2. The number of nitrogens with one attached hydrogen (secondary N) is 1. The van der Waals surface area contributed by atoms with Crippen LogP contribution < -0.4 is 11.1 Å². The first-order valence-corrected chi connectivity index (χ1v) is 7.14. The van der Waals surface area contributed by atoms with Gasteiger partial charge in [0.05, 0.1) is 6.04 Å². The number of carbonyl (C=O) groups is 1. The minimum atomic E-state index is -0.357. The molecule has 1 fully saturated rings. The van der Waals surface area contributed by atoms with Gasteiger partial charge in [0.15, 0.2) is 0 Å². The first-order chi connectivity index (χ1) is 8.11. The summed E-state index contributed by atoms with van der Waals surface area (Å²) in [5.74, 6) is 1.12. The number of nitrogens with two attached hydrogens (primary N) is 1. The van der Waals surface area contributed by atoms with Crippen LogP contribution in [0.15, 0.2) is 0 Å². The third kappa shape index (κ3) is 5.53. The molecule has 1 atom stereocenters. The second kappa shape index (κ2) is 7.70. The smallest absolute Gasteiger partial charge is 0.237 e. The van der Waals surface area contributed by atoms with Gasteiger partial charge in [-0.3, -0.25) is 4.79 Å². The van der Waals surface area contributed by atoms with Gasteiger partial charge in [0.2, 0.25) is 5.91 Å². The van der Waals surface area contributed by atoms with Crippen molar-refractivity contribution in [3.8, 4) is 0 Å². The molecule has 0 heterocycles. The van der Waals surface area contributed by atoms with Gasteiger partial charge >= 0.3 is 0 Å². The zero-order valence-electron chi connectivity index (χ0n) is 11.4. The Kier molecular flexibility index (Phi) is 6.56. The van der Waals surface area contributed by atoms with E-state index in [1.165, 1.54) is 38.5 Å². The van der Waals surface area contributed by atoms with Crippen molar-refractivity contribution in [3.63, 3.8) is 0 Å². The van der Waals surface area contributed by atoms with Crippen LogP contribution in [0.2, 0.25) is 0 Å². The molecule has 0 radical (unpaired) electrons. The van der Waals surface area contributed by atoms with E-state index in [0.717, 1.165) is 18.9 Å². The van der Waals surface area contributed by atoms with E-state index in [1.54, 1.807) is 0 Å². The van der Waals surface area contributed by atoms with Gasteiger partial charge in [-0.05, 0) is 24.7 Å². The molecule has 0 aliphatic heterocycles. The zero-order chi connectivity index (χ0) is 12.7. The Morgan fingerprint density at radius 1 is 1.29 bits per heavy atom.